The van der Waals surface area contributed by atoms with Crippen molar-refractivity contribution in [3.63, 3.8) is 0 Å². The predicted molar refractivity (Wildman–Crippen MR) is 111 cm³/mol. The van der Waals surface area contributed by atoms with Crippen LogP contribution in [0.2, 0.25) is 0 Å². The van der Waals surface area contributed by atoms with Crippen molar-refractivity contribution in [1.82, 2.24) is 0 Å². The van der Waals surface area contributed by atoms with Crippen molar-refractivity contribution < 1.29 is 19.7 Å². The molecule has 6 heteroatoms. The number of hydrogen-bond donors (Lipinski definition) is 1. The van der Waals surface area contributed by atoms with E-state index in [2.05, 4.69) is 29.6 Å². The molecule has 0 unspecified atom stereocenters. The number of nitrogens with zero attached hydrogens (tertiary/aromatic N) is 1. The second-order valence-electron chi connectivity index (χ2n) is 6.74. The van der Waals surface area contributed by atoms with Crippen LogP contribution in [0.4, 0.5) is 5.69 Å². The Hall–Kier alpha value is -3.38. The summed E-state index contributed by atoms with van der Waals surface area (Å²) in [6, 6.07) is 23.7. The van der Waals surface area contributed by atoms with Gasteiger partial charge in [-0.2, -0.15) is 0 Å². The zero-order valence-corrected chi connectivity index (χ0v) is 16.6. The van der Waals surface area contributed by atoms with Crippen LogP contribution in [-0.4, -0.2) is 19.1 Å². The minimum absolute atomic E-state index is 0.0328. The van der Waals surface area contributed by atoms with Crippen molar-refractivity contribution in [2.24, 2.45) is 0 Å². The van der Waals surface area contributed by atoms with Crippen molar-refractivity contribution in [3.05, 3.63) is 99.6 Å². The second kappa shape index (κ2) is 9.71. The van der Waals surface area contributed by atoms with E-state index in [4.69, 9.17) is 9.47 Å². The summed E-state index contributed by atoms with van der Waals surface area (Å²) in [5.74, 6) is 0.840. The highest BCUT2D eigenvalue weighted by molar-refractivity contribution is 5.54. The molecule has 2 N–H and O–H groups in total. The smallest absolute Gasteiger partial charge is 0.282 e. The molecule has 0 heterocycles. The first-order chi connectivity index (χ1) is 14.1. The average Bonchev–Trinajstić information content (AvgIpc) is 2.77. The third-order valence-electron chi connectivity index (χ3n) is 4.93. The molecular weight excluding hydrogens is 368 g/mol. The van der Waals surface area contributed by atoms with E-state index in [1.807, 2.05) is 36.4 Å². The first-order valence-electron chi connectivity index (χ1n) is 9.44. The molecule has 0 saturated heterocycles. The molecule has 0 amide bonds. The molecule has 0 bridgehead atoms. The number of nitro groups is 1. The summed E-state index contributed by atoms with van der Waals surface area (Å²) in [7, 11) is 3.00. The normalized spacial score (nSPS) is 11.7. The number of nitro benzene ring substituents is 1. The van der Waals surface area contributed by atoms with Gasteiger partial charge in [0.05, 0.1) is 30.8 Å². The zero-order chi connectivity index (χ0) is 20.6. The van der Waals surface area contributed by atoms with Gasteiger partial charge in [-0.1, -0.05) is 60.7 Å². The van der Waals surface area contributed by atoms with Crippen LogP contribution in [0.15, 0.2) is 72.8 Å². The van der Waals surface area contributed by atoms with E-state index in [-0.39, 0.29) is 16.7 Å². The summed E-state index contributed by atoms with van der Waals surface area (Å²) in [5, 5.41) is 13.7. The van der Waals surface area contributed by atoms with Crippen molar-refractivity contribution in [1.29, 1.82) is 0 Å². The molecule has 0 aliphatic rings. The highest BCUT2D eigenvalue weighted by Crippen LogP contribution is 2.34. The third-order valence-corrected chi connectivity index (χ3v) is 4.93. The summed E-state index contributed by atoms with van der Waals surface area (Å²) in [6.45, 7) is 0.447. The fourth-order valence-electron chi connectivity index (χ4n) is 3.42. The molecular formula is C23H25N2O4+. The molecule has 0 aliphatic carbocycles. The van der Waals surface area contributed by atoms with Crippen molar-refractivity contribution in [2.45, 2.75) is 19.0 Å². The average molecular weight is 393 g/mol. The van der Waals surface area contributed by atoms with Crippen molar-refractivity contribution in [2.75, 3.05) is 14.2 Å². The van der Waals surface area contributed by atoms with E-state index in [0.717, 1.165) is 6.42 Å². The monoisotopic (exact) mass is 393 g/mol. The lowest BCUT2D eigenvalue weighted by atomic mass is 9.98. The predicted octanol–water partition coefficient (Wildman–Crippen LogP) is 3.66. The molecule has 0 aliphatic heterocycles. The van der Waals surface area contributed by atoms with E-state index in [1.54, 1.807) is 6.07 Å². The van der Waals surface area contributed by atoms with Crippen LogP contribution in [0.25, 0.3) is 0 Å². The number of hydrogen-bond acceptors (Lipinski definition) is 4. The van der Waals surface area contributed by atoms with Crippen LogP contribution in [0, 0.1) is 10.1 Å². The molecule has 3 aromatic rings. The maximum atomic E-state index is 11.6. The summed E-state index contributed by atoms with van der Waals surface area (Å²) >= 11 is 0. The van der Waals surface area contributed by atoms with E-state index < -0.39 is 0 Å². The number of ether oxygens (including phenoxy) is 2. The van der Waals surface area contributed by atoms with Gasteiger partial charge in [-0.25, -0.2) is 0 Å². The minimum Gasteiger partial charge on any atom is -0.493 e. The van der Waals surface area contributed by atoms with E-state index >= 15 is 0 Å². The summed E-state index contributed by atoms with van der Waals surface area (Å²) in [5.41, 5.74) is 3.03. The lowest BCUT2D eigenvalue weighted by Crippen LogP contribution is -2.84. The SMILES string of the molecule is COc1cc(C[NH2+][C@@H](Cc2ccccc2)c2ccccc2)c([N+](=O)[O-])cc1OC. The van der Waals surface area contributed by atoms with Crippen LogP contribution in [0.3, 0.4) is 0 Å². The van der Waals surface area contributed by atoms with Gasteiger partial charge in [-0.3, -0.25) is 10.1 Å². The molecule has 0 spiro atoms. The Labute approximate surface area is 170 Å². The molecule has 29 heavy (non-hydrogen) atoms. The largest absolute Gasteiger partial charge is 0.493 e. The van der Waals surface area contributed by atoms with Gasteiger partial charge in [-0.05, 0) is 11.6 Å². The van der Waals surface area contributed by atoms with Crippen LogP contribution in [0.1, 0.15) is 22.7 Å². The Balaban J connectivity index is 1.88. The van der Waals surface area contributed by atoms with Gasteiger partial charge in [-0.15, -0.1) is 0 Å². The lowest BCUT2D eigenvalue weighted by molar-refractivity contribution is -0.711. The number of quaternary nitrogens is 1. The summed E-state index contributed by atoms with van der Waals surface area (Å²) in [4.78, 5) is 11.2. The number of rotatable bonds is 9. The molecule has 0 radical (unpaired) electrons. The third kappa shape index (κ3) is 5.12. The molecule has 1 atom stereocenters. The number of benzene rings is 3. The van der Waals surface area contributed by atoms with Crippen molar-refractivity contribution in [3.8, 4) is 11.5 Å². The first kappa shape index (κ1) is 20.4. The molecule has 3 aromatic carbocycles. The van der Waals surface area contributed by atoms with Crippen LogP contribution in [-0.2, 0) is 13.0 Å². The van der Waals surface area contributed by atoms with Crippen LogP contribution in [0.5, 0.6) is 11.5 Å². The number of nitrogens with two attached hydrogens (primary N) is 1. The van der Waals surface area contributed by atoms with Gasteiger partial charge >= 0.3 is 0 Å². The Morgan fingerprint density at radius 3 is 2.10 bits per heavy atom. The Bertz CT molecular complexity index is 946. The summed E-state index contributed by atoms with van der Waals surface area (Å²) < 4.78 is 10.6. The van der Waals surface area contributed by atoms with Crippen LogP contribution >= 0.6 is 0 Å². The topological polar surface area (TPSA) is 78.2 Å². The maximum absolute atomic E-state index is 11.6. The highest BCUT2D eigenvalue weighted by Gasteiger charge is 2.23. The zero-order valence-electron chi connectivity index (χ0n) is 16.6. The fraction of sp³-hybridized carbons (Fsp3) is 0.217. The molecule has 150 valence electrons. The number of methoxy groups -OCH3 is 2. The van der Waals surface area contributed by atoms with E-state index in [1.165, 1.54) is 31.4 Å². The minimum atomic E-state index is -0.375. The van der Waals surface area contributed by atoms with Gasteiger partial charge in [0, 0.05) is 12.0 Å². The van der Waals surface area contributed by atoms with Crippen molar-refractivity contribution >= 4 is 5.69 Å². The molecule has 0 fully saturated rings. The quantitative estimate of drug-likeness (QED) is 0.445. The molecule has 6 nitrogen and oxygen atoms in total. The molecule has 0 saturated carbocycles. The van der Waals surface area contributed by atoms with E-state index in [9.17, 15) is 10.1 Å². The van der Waals surface area contributed by atoms with Crippen LogP contribution < -0.4 is 14.8 Å². The standard InChI is InChI=1S/C23H24N2O4/c1-28-22-14-19(21(25(26)27)15-23(22)29-2)16-24-20(18-11-7-4-8-12-18)13-17-9-5-3-6-10-17/h3-12,14-15,20,24H,13,16H2,1-2H3/p+1/t20-/m0/s1. The Kier molecular flexibility index (Phi) is 6.81. The van der Waals surface area contributed by atoms with Gasteiger partial charge in [0.15, 0.2) is 11.5 Å². The van der Waals surface area contributed by atoms with Gasteiger partial charge < -0.3 is 14.8 Å². The van der Waals surface area contributed by atoms with Gasteiger partial charge in [0.1, 0.15) is 12.6 Å². The highest BCUT2D eigenvalue weighted by atomic mass is 16.6. The lowest BCUT2D eigenvalue weighted by Gasteiger charge is -2.17. The second-order valence-corrected chi connectivity index (χ2v) is 6.74. The fourth-order valence-corrected chi connectivity index (χ4v) is 3.42. The molecule has 0 aromatic heterocycles. The van der Waals surface area contributed by atoms with Gasteiger partial charge in [0.25, 0.3) is 5.69 Å². The first-order valence-corrected chi connectivity index (χ1v) is 9.44. The Morgan fingerprint density at radius 2 is 1.52 bits per heavy atom. The molecule has 3 rings (SSSR count). The maximum Gasteiger partial charge on any atom is 0.282 e. The Morgan fingerprint density at radius 1 is 0.931 bits per heavy atom. The summed E-state index contributed by atoms with van der Waals surface area (Å²) in [6.07, 6.45) is 0.825. The van der Waals surface area contributed by atoms with Gasteiger partial charge in [0.2, 0.25) is 0 Å². The van der Waals surface area contributed by atoms with E-state index in [0.29, 0.717) is 23.6 Å².